The highest BCUT2D eigenvalue weighted by molar-refractivity contribution is 7.13. The summed E-state index contributed by atoms with van der Waals surface area (Å²) in [5.41, 5.74) is 3.61. The fourth-order valence-electron chi connectivity index (χ4n) is 2.28. The molecule has 2 aromatic rings. The van der Waals surface area contributed by atoms with Crippen LogP contribution in [-0.4, -0.2) is 30.6 Å². The van der Waals surface area contributed by atoms with Crippen LogP contribution >= 0.6 is 11.3 Å². The van der Waals surface area contributed by atoms with Crippen molar-refractivity contribution in [2.45, 2.75) is 26.3 Å². The summed E-state index contributed by atoms with van der Waals surface area (Å²) in [6.07, 6.45) is 4.67. The second-order valence-electron chi connectivity index (χ2n) is 5.58. The molecule has 0 aliphatic rings. The molecule has 0 spiro atoms. The Kier molecular flexibility index (Phi) is 7.50. The van der Waals surface area contributed by atoms with Gasteiger partial charge < -0.3 is 5.32 Å². The Labute approximate surface area is 153 Å². The average Bonchev–Trinajstić information content (AvgIpc) is 3.12. The van der Waals surface area contributed by atoms with E-state index < -0.39 is 0 Å². The molecule has 132 valence electrons. The molecule has 6 heteroatoms. The monoisotopic (exact) mass is 355 g/mol. The van der Waals surface area contributed by atoms with E-state index in [0.717, 1.165) is 40.5 Å². The Balaban J connectivity index is 2.13. The van der Waals surface area contributed by atoms with E-state index >= 15 is 0 Å². The van der Waals surface area contributed by atoms with Crippen molar-refractivity contribution in [3.05, 3.63) is 58.7 Å². The number of rotatable bonds is 10. The minimum Gasteiger partial charge on any atom is -0.384 e. The molecule has 0 aliphatic carbocycles. The van der Waals surface area contributed by atoms with Gasteiger partial charge in [0.1, 0.15) is 5.71 Å². The van der Waals surface area contributed by atoms with Gasteiger partial charge in [-0.3, -0.25) is 20.3 Å². The van der Waals surface area contributed by atoms with Gasteiger partial charge in [-0.1, -0.05) is 19.6 Å². The molecule has 2 heterocycles. The van der Waals surface area contributed by atoms with Gasteiger partial charge in [0.2, 0.25) is 0 Å². The SMILES string of the molecule is C=Nc1ccsc1C(=NCNC(C)c1cccnc1)C(=C)NCCC. The summed E-state index contributed by atoms with van der Waals surface area (Å²) < 4.78 is 0. The molecule has 1 atom stereocenters. The van der Waals surface area contributed by atoms with E-state index in [0.29, 0.717) is 6.67 Å². The summed E-state index contributed by atoms with van der Waals surface area (Å²) >= 11 is 1.60. The Hall–Kier alpha value is -2.31. The van der Waals surface area contributed by atoms with Gasteiger partial charge in [0, 0.05) is 25.0 Å². The second kappa shape index (κ2) is 9.86. The lowest BCUT2D eigenvalue weighted by Gasteiger charge is -2.15. The number of aliphatic imine (C=N–C) groups is 2. The number of pyridine rings is 1. The highest BCUT2D eigenvalue weighted by atomic mass is 32.1. The number of hydrogen-bond acceptors (Lipinski definition) is 6. The predicted molar refractivity (Wildman–Crippen MR) is 108 cm³/mol. The molecule has 0 bridgehead atoms. The molecule has 0 aliphatic heterocycles. The Morgan fingerprint density at radius 3 is 2.92 bits per heavy atom. The number of hydrogen-bond donors (Lipinski definition) is 2. The van der Waals surface area contributed by atoms with E-state index in [4.69, 9.17) is 4.99 Å². The Morgan fingerprint density at radius 1 is 1.40 bits per heavy atom. The van der Waals surface area contributed by atoms with Crippen LogP contribution in [0.4, 0.5) is 5.69 Å². The van der Waals surface area contributed by atoms with Gasteiger partial charge in [0.15, 0.2) is 0 Å². The lowest BCUT2D eigenvalue weighted by molar-refractivity contribution is 0.587. The van der Waals surface area contributed by atoms with Crippen molar-refractivity contribution in [2.75, 3.05) is 13.2 Å². The van der Waals surface area contributed by atoms with Crippen LogP contribution in [0.3, 0.4) is 0 Å². The summed E-state index contributed by atoms with van der Waals surface area (Å²) in [6.45, 7) is 13.3. The van der Waals surface area contributed by atoms with Crippen LogP contribution in [0.25, 0.3) is 0 Å². The summed E-state index contributed by atoms with van der Waals surface area (Å²) in [5, 5.41) is 8.72. The van der Waals surface area contributed by atoms with Crippen molar-refractivity contribution in [1.82, 2.24) is 15.6 Å². The third-order valence-electron chi connectivity index (χ3n) is 3.72. The maximum absolute atomic E-state index is 4.74. The number of allylic oxidation sites excluding steroid dienone is 1. The van der Waals surface area contributed by atoms with Crippen LogP contribution in [0.2, 0.25) is 0 Å². The molecular formula is C19H25N5S. The fourth-order valence-corrected chi connectivity index (χ4v) is 3.17. The first-order chi connectivity index (χ1) is 12.2. The van der Waals surface area contributed by atoms with Gasteiger partial charge in [-0.05, 0) is 43.1 Å². The summed E-state index contributed by atoms with van der Waals surface area (Å²) in [6, 6.07) is 6.10. The van der Waals surface area contributed by atoms with Gasteiger partial charge in [-0.15, -0.1) is 11.3 Å². The van der Waals surface area contributed by atoms with Gasteiger partial charge in [0.05, 0.1) is 22.9 Å². The third kappa shape index (κ3) is 5.34. The van der Waals surface area contributed by atoms with E-state index in [-0.39, 0.29) is 6.04 Å². The molecule has 2 aromatic heterocycles. The molecule has 0 aromatic carbocycles. The highest BCUT2D eigenvalue weighted by Crippen LogP contribution is 2.27. The van der Waals surface area contributed by atoms with Crippen LogP contribution in [0, 0.1) is 0 Å². The number of aromatic nitrogens is 1. The van der Waals surface area contributed by atoms with E-state index in [1.165, 1.54) is 0 Å². The van der Waals surface area contributed by atoms with E-state index in [2.05, 4.69) is 53.8 Å². The summed E-state index contributed by atoms with van der Waals surface area (Å²) in [7, 11) is 0. The quantitative estimate of drug-likeness (QED) is 0.631. The molecule has 0 amide bonds. The zero-order chi connectivity index (χ0) is 18.1. The molecular weight excluding hydrogens is 330 g/mol. The molecule has 0 radical (unpaired) electrons. The van der Waals surface area contributed by atoms with Gasteiger partial charge in [0.25, 0.3) is 0 Å². The molecule has 25 heavy (non-hydrogen) atoms. The summed E-state index contributed by atoms with van der Waals surface area (Å²) in [5.74, 6) is 0. The molecule has 1 unspecified atom stereocenters. The first-order valence-electron chi connectivity index (χ1n) is 8.32. The lowest BCUT2D eigenvalue weighted by Crippen LogP contribution is -2.24. The van der Waals surface area contributed by atoms with Crippen LogP contribution in [0.5, 0.6) is 0 Å². The number of thiophene rings is 1. The van der Waals surface area contributed by atoms with Gasteiger partial charge in [-0.25, -0.2) is 0 Å². The second-order valence-corrected chi connectivity index (χ2v) is 6.49. The number of nitrogens with zero attached hydrogens (tertiary/aromatic N) is 3. The van der Waals surface area contributed by atoms with Crippen molar-refractivity contribution in [3.8, 4) is 0 Å². The van der Waals surface area contributed by atoms with Crippen molar-refractivity contribution in [1.29, 1.82) is 0 Å². The van der Waals surface area contributed by atoms with E-state index in [9.17, 15) is 0 Å². The molecule has 0 fully saturated rings. The highest BCUT2D eigenvalue weighted by Gasteiger charge is 2.14. The minimum absolute atomic E-state index is 0.163. The molecule has 2 rings (SSSR count). The first-order valence-corrected chi connectivity index (χ1v) is 9.20. The van der Waals surface area contributed by atoms with Crippen molar-refractivity contribution in [3.63, 3.8) is 0 Å². The van der Waals surface area contributed by atoms with Crippen molar-refractivity contribution < 1.29 is 0 Å². The molecule has 5 nitrogen and oxygen atoms in total. The smallest absolute Gasteiger partial charge is 0.101 e. The molecule has 0 saturated heterocycles. The third-order valence-corrected chi connectivity index (χ3v) is 4.63. The maximum Gasteiger partial charge on any atom is 0.101 e. The van der Waals surface area contributed by atoms with E-state index in [1.807, 2.05) is 23.7 Å². The van der Waals surface area contributed by atoms with Gasteiger partial charge >= 0.3 is 0 Å². The van der Waals surface area contributed by atoms with Crippen LogP contribution in [0.15, 0.2) is 58.2 Å². The number of nitrogens with one attached hydrogen (secondary N) is 2. The minimum atomic E-state index is 0.163. The fraction of sp³-hybridized carbons (Fsp3) is 0.316. The average molecular weight is 356 g/mol. The topological polar surface area (TPSA) is 61.7 Å². The van der Waals surface area contributed by atoms with Gasteiger partial charge in [-0.2, -0.15) is 0 Å². The molecule has 2 N–H and O–H groups in total. The Bertz CT molecular complexity index is 720. The van der Waals surface area contributed by atoms with E-state index in [1.54, 1.807) is 17.5 Å². The first kappa shape index (κ1) is 19.0. The lowest BCUT2D eigenvalue weighted by atomic mass is 10.1. The predicted octanol–water partition coefficient (Wildman–Crippen LogP) is 4.09. The van der Waals surface area contributed by atoms with Crippen LogP contribution < -0.4 is 10.6 Å². The normalized spacial score (nSPS) is 12.6. The van der Waals surface area contributed by atoms with Crippen molar-refractivity contribution in [2.24, 2.45) is 9.98 Å². The largest absolute Gasteiger partial charge is 0.384 e. The standard InChI is InChI=1S/C19H25N5S/c1-5-9-22-15(3)18(19-17(20-4)8-11-25-19)24-13-23-14(2)16-7-6-10-21-12-16/h6-8,10-12,14,22-23H,3-5,9,13H2,1-2H3. The zero-order valence-corrected chi connectivity index (χ0v) is 15.6. The van der Waals surface area contributed by atoms with Crippen LogP contribution in [0.1, 0.15) is 36.8 Å². The summed E-state index contributed by atoms with van der Waals surface area (Å²) in [4.78, 5) is 14.0. The maximum atomic E-state index is 4.74. The Morgan fingerprint density at radius 2 is 2.24 bits per heavy atom. The van der Waals surface area contributed by atoms with Crippen molar-refractivity contribution >= 4 is 29.5 Å². The zero-order valence-electron chi connectivity index (χ0n) is 14.8. The van der Waals surface area contributed by atoms with Crippen LogP contribution in [-0.2, 0) is 0 Å². The molecule has 0 saturated carbocycles.